The molecule has 0 unspecified atom stereocenters. The molecule has 5 nitrogen and oxygen atoms in total. The minimum absolute atomic E-state index is 0.137. The average molecular weight is 334 g/mol. The first kappa shape index (κ1) is 17.8. The van der Waals surface area contributed by atoms with Crippen molar-refractivity contribution in [1.82, 2.24) is 10.2 Å². The molecule has 1 heterocycles. The molecule has 5 heteroatoms. The van der Waals surface area contributed by atoms with Gasteiger partial charge in [-0.1, -0.05) is 24.3 Å². The number of fused-ring (bicyclic) bond motifs is 1. The molecule has 24 heavy (non-hydrogen) atoms. The molecule has 2 atom stereocenters. The van der Waals surface area contributed by atoms with Crippen LogP contribution < -0.4 is 5.32 Å². The van der Waals surface area contributed by atoms with E-state index in [9.17, 15) is 5.11 Å². The van der Waals surface area contributed by atoms with Crippen LogP contribution >= 0.6 is 0 Å². The Kier molecular flexibility index (Phi) is 7.05. The predicted molar refractivity (Wildman–Crippen MR) is 94.2 cm³/mol. The van der Waals surface area contributed by atoms with Crippen LogP contribution in [0, 0.1) is 0 Å². The zero-order chi connectivity index (χ0) is 16.6. The third-order valence-electron chi connectivity index (χ3n) is 4.89. The smallest absolute Gasteiger partial charge is 0.0897 e. The number of rotatable bonds is 8. The van der Waals surface area contributed by atoms with Crippen LogP contribution in [-0.4, -0.2) is 68.7 Å². The van der Waals surface area contributed by atoms with E-state index in [4.69, 9.17) is 9.47 Å². The second kappa shape index (κ2) is 9.49. The van der Waals surface area contributed by atoms with Gasteiger partial charge < -0.3 is 19.9 Å². The molecule has 1 saturated heterocycles. The van der Waals surface area contributed by atoms with E-state index in [1.807, 2.05) is 0 Å². The van der Waals surface area contributed by atoms with E-state index in [2.05, 4.69) is 34.5 Å². The summed E-state index contributed by atoms with van der Waals surface area (Å²) in [4.78, 5) is 2.39. The number of hydrogen-bond acceptors (Lipinski definition) is 5. The zero-order valence-corrected chi connectivity index (χ0v) is 14.5. The summed E-state index contributed by atoms with van der Waals surface area (Å²) < 4.78 is 11.3. The van der Waals surface area contributed by atoms with Crippen molar-refractivity contribution in [1.29, 1.82) is 0 Å². The summed E-state index contributed by atoms with van der Waals surface area (Å²) in [5.41, 5.74) is 2.70. The molecule has 0 aromatic heterocycles. The molecule has 0 radical (unpaired) electrons. The van der Waals surface area contributed by atoms with Gasteiger partial charge in [0.25, 0.3) is 0 Å². The Morgan fingerprint density at radius 1 is 1.29 bits per heavy atom. The van der Waals surface area contributed by atoms with Crippen LogP contribution in [0.4, 0.5) is 0 Å². The number of morpholine rings is 1. The van der Waals surface area contributed by atoms with Gasteiger partial charge in [0.1, 0.15) is 0 Å². The van der Waals surface area contributed by atoms with E-state index in [-0.39, 0.29) is 6.10 Å². The highest BCUT2D eigenvalue weighted by atomic mass is 16.5. The molecule has 1 aromatic rings. The van der Waals surface area contributed by atoms with Crippen molar-refractivity contribution in [3.8, 4) is 0 Å². The van der Waals surface area contributed by atoms with Crippen LogP contribution in [0.2, 0.25) is 0 Å². The fraction of sp³-hybridized carbons (Fsp3) is 0.684. The Balaban J connectivity index is 1.32. The van der Waals surface area contributed by atoms with E-state index >= 15 is 0 Å². The number of benzene rings is 1. The number of nitrogens with zero attached hydrogens (tertiary/aromatic N) is 1. The summed E-state index contributed by atoms with van der Waals surface area (Å²) in [5, 5.41) is 13.5. The number of ether oxygens (including phenoxy) is 2. The molecule has 3 rings (SSSR count). The maximum atomic E-state index is 10.1. The van der Waals surface area contributed by atoms with Gasteiger partial charge >= 0.3 is 0 Å². The summed E-state index contributed by atoms with van der Waals surface area (Å²) in [5.74, 6) is 0. The number of hydrogen-bond donors (Lipinski definition) is 2. The zero-order valence-electron chi connectivity index (χ0n) is 14.5. The lowest BCUT2D eigenvalue weighted by molar-refractivity contribution is -0.0170. The normalized spacial score (nSPS) is 23.0. The molecule has 0 bridgehead atoms. The van der Waals surface area contributed by atoms with Gasteiger partial charge in [-0.25, -0.2) is 0 Å². The SMILES string of the molecule is O[C@H](CNCCN1CCOCC1)CO[C@H]1CCCc2ccccc21. The fourth-order valence-electron chi connectivity index (χ4n) is 3.50. The molecule has 0 amide bonds. The van der Waals surface area contributed by atoms with Crippen LogP contribution in [0.3, 0.4) is 0 Å². The molecule has 1 aromatic carbocycles. The second-order valence-corrected chi connectivity index (χ2v) is 6.72. The lowest BCUT2D eigenvalue weighted by atomic mass is 9.89. The monoisotopic (exact) mass is 334 g/mol. The summed E-state index contributed by atoms with van der Waals surface area (Å²) in [6, 6.07) is 8.51. The standard InChI is InChI=1S/C19H30N2O3/c22-17(14-20-8-9-21-10-12-23-13-11-21)15-24-19-7-3-5-16-4-1-2-6-18(16)19/h1-2,4,6,17,19-20,22H,3,5,7-15H2/t17-,19+/m1/s1. The molecular formula is C19H30N2O3. The lowest BCUT2D eigenvalue weighted by Gasteiger charge is -2.27. The van der Waals surface area contributed by atoms with E-state index in [0.717, 1.165) is 58.7 Å². The van der Waals surface area contributed by atoms with Gasteiger partial charge in [-0.15, -0.1) is 0 Å². The van der Waals surface area contributed by atoms with Crippen molar-refractivity contribution >= 4 is 0 Å². The van der Waals surface area contributed by atoms with Crippen molar-refractivity contribution in [2.24, 2.45) is 0 Å². The van der Waals surface area contributed by atoms with E-state index in [1.165, 1.54) is 11.1 Å². The van der Waals surface area contributed by atoms with Crippen LogP contribution in [0.15, 0.2) is 24.3 Å². The first-order valence-corrected chi connectivity index (χ1v) is 9.21. The van der Waals surface area contributed by atoms with Crippen molar-refractivity contribution in [2.45, 2.75) is 31.5 Å². The number of aryl methyl sites for hydroxylation is 1. The first-order chi connectivity index (χ1) is 11.8. The molecule has 134 valence electrons. The number of aliphatic hydroxyl groups excluding tert-OH is 1. The molecule has 2 N–H and O–H groups in total. The van der Waals surface area contributed by atoms with Crippen LogP contribution in [0.5, 0.6) is 0 Å². The van der Waals surface area contributed by atoms with Crippen molar-refractivity contribution in [3.05, 3.63) is 35.4 Å². The topological polar surface area (TPSA) is 54.0 Å². The Hall–Kier alpha value is -0.980. The lowest BCUT2D eigenvalue weighted by Crippen LogP contribution is -2.41. The molecule has 2 aliphatic rings. The van der Waals surface area contributed by atoms with Gasteiger partial charge in [-0.05, 0) is 30.4 Å². The first-order valence-electron chi connectivity index (χ1n) is 9.21. The summed E-state index contributed by atoms with van der Waals surface area (Å²) in [6.07, 6.45) is 3.03. The van der Waals surface area contributed by atoms with Gasteiger partial charge in [0.15, 0.2) is 0 Å². The van der Waals surface area contributed by atoms with Gasteiger partial charge in [0.05, 0.1) is 32.0 Å². The Morgan fingerprint density at radius 3 is 3.00 bits per heavy atom. The maximum absolute atomic E-state index is 10.1. The summed E-state index contributed by atoms with van der Waals surface area (Å²) in [6.45, 7) is 6.56. The van der Waals surface area contributed by atoms with Crippen molar-refractivity contribution in [3.63, 3.8) is 0 Å². The quantitative estimate of drug-likeness (QED) is 0.703. The highest BCUT2D eigenvalue weighted by Crippen LogP contribution is 2.32. The van der Waals surface area contributed by atoms with E-state index in [1.54, 1.807) is 0 Å². The fourth-order valence-corrected chi connectivity index (χ4v) is 3.50. The third kappa shape index (κ3) is 5.26. The minimum Gasteiger partial charge on any atom is -0.389 e. The minimum atomic E-state index is -0.455. The van der Waals surface area contributed by atoms with Gasteiger partial charge in [-0.3, -0.25) is 4.90 Å². The van der Waals surface area contributed by atoms with E-state index < -0.39 is 6.10 Å². The molecule has 0 spiro atoms. The average Bonchev–Trinajstić information content (AvgIpc) is 2.64. The predicted octanol–water partition coefficient (Wildman–Crippen LogP) is 1.36. The Morgan fingerprint density at radius 2 is 2.12 bits per heavy atom. The van der Waals surface area contributed by atoms with Crippen molar-refractivity contribution in [2.75, 3.05) is 52.5 Å². The largest absolute Gasteiger partial charge is 0.389 e. The Bertz CT molecular complexity index is 491. The van der Waals surface area contributed by atoms with E-state index in [0.29, 0.717) is 13.2 Å². The number of nitrogens with one attached hydrogen (secondary N) is 1. The van der Waals surface area contributed by atoms with Crippen LogP contribution in [0.25, 0.3) is 0 Å². The van der Waals surface area contributed by atoms with Crippen molar-refractivity contribution < 1.29 is 14.6 Å². The van der Waals surface area contributed by atoms with Gasteiger partial charge in [-0.2, -0.15) is 0 Å². The molecule has 1 aliphatic carbocycles. The number of aliphatic hydroxyl groups is 1. The molecule has 0 saturated carbocycles. The summed E-state index contributed by atoms with van der Waals surface area (Å²) >= 11 is 0. The highest BCUT2D eigenvalue weighted by Gasteiger charge is 2.21. The van der Waals surface area contributed by atoms with Gasteiger partial charge in [0, 0.05) is 32.7 Å². The highest BCUT2D eigenvalue weighted by molar-refractivity contribution is 5.31. The molecule has 1 aliphatic heterocycles. The second-order valence-electron chi connectivity index (χ2n) is 6.72. The Labute approximate surface area is 144 Å². The van der Waals surface area contributed by atoms with Crippen LogP contribution in [-0.2, 0) is 15.9 Å². The molecule has 1 fully saturated rings. The summed E-state index contributed by atoms with van der Waals surface area (Å²) in [7, 11) is 0. The van der Waals surface area contributed by atoms with Crippen LogP contribution in [0.1, 0.15) is 30.1 Å². The third-order valence-corrected chi connectivity index (χ3v) is 4.89. The maximum Gasteiger partial charge on any atom is 0.0897 e. The molecular weight excluding hydrogens is 304 g/mol. The van der Waals surface area contributed by atoms with Gasteiger partial charge in [0.2, 0.25) is 0 Å².